The van der Waals surface area contributed by atoms with Crippen molar-refractivity contribution in [1.82, 2.24) is 10.3 Å². The summed E-state index contributed by atoms with van der Waals surface area (Å²) in [7, 11) is 1.72. The van der Waals surface area contributed by atoms with Crippen molar-refractivity contribution in [3.8, 4) is 0 Å². The molecule has 0 aliphatic carbocycles. The predicted molar refractivity (Wildman–Crippen MR) is 69.7 cm³/mol. The molecule has 1 heterocycles. The van der Waals surface area contributed by atoms with E-state index in [1.807, 2.05) is 24.4 Å². The highest BCUT2D eigenvalue weighted by Crippen LogP contribution is 2.10. The molecule has 0 saturated heterocycles. The Morgan fingerprint density at radius 2 is 2.29 bits per heavy atom. The molecule has 96 valence electrons. The summed E-state index contributed by atoms with van der Waals surface area (Å²) in [6.07, 6.45) is 3.86. The molecule has 1 aromatic rings. The Balaban J connectivity index is 2.48. The Hall–Kier alpha value is -0.970. The van der Waals surface area contributed by atoms with E-state index in [2.05, 4.69) is 17.2 Å². The van der Waals surface area contributed by atoms with Gasteiger partial charge >= 0.3 is 0 Å². The van der Waals surface area contributed by atoms with E-state index in [1.165, 1.54) is 0 Å². The Morgan fingerprint density at radius 3 is 2.88 bits per heavy atom. The largest absolute Gasteiger partial charge is 0.383 e. The van der Waals surface area contributed by atoms with Gasteiger partial charge in [0.1, 0.15) is 0 Å². The van der Waals surface area contributed by atoms with E-state index in [0.29, 0.717) is 12.6 Å². The lowest BCUT2D eigenvalue weighted by Crippen LogP contribution is -2.35. The van der Waals surface area contributed by atoms with Gasteiger partial charge in [-0.05, 0) is 38.4 Å². The molecule has 0 aliphatic rings. The third-order valence-electron chi connectivity index (χ3n) is 2.74. The van der Waals surface area contributed by atoms with Gasteiger partial charge in [-0.1, -0.05) is 6.07 Å². The van der Waals surface area contributed by atoms with Crippen molar-refractivity contribution in [2.45, 2.75) is 31.8 Å². The van der Waals surface area contributed by atoms with Crippen molar-refractivity contribution in [3.05, 3.63) is 30.1 Å². The lowest BCUT2D eigenvalue weighted by Gasteiger charge is -2.22. The Kier molecular flexibility index (Phi) is 6.77. The number of rotatable bonds is 8. The number of hydrogen-bond donors (Lipinski definition) is 2. The third kappa shape index (κ3) is 5.26. The van der Waals surface area contributed by atoms with Crippen LogP contribution < -0.4 is 11.1 Å². The zero-order valence-electron chi connectivity index (χ0n) is 10.7. The summed E-state index contributed by atoms with van der Waals surface area (Å²) < 4.78 is 5.21. The molecule has 1 aromatic heterocycles. The standard InChI is InChI=1S/C13H23N3O/c1-11(13-7-3-4-9-15-13)16-12(10-17-2)6-5-8-14/h3-4,7,9,11-12,16H,5-6,8,10,14H2,1-2H3/t11-,12?/m1/s1. The molecule has 3 N–H and O–H groups in total. The third-order valence-corrected chi connectivity index (χ3v) is 2.74. The van der Waals surface area contributed by atoms with Crippen LogP contribution in [0.25, 0.3) is 0 Å². The number of ether oxygens (including phenoxy) is 1. The Labute approximate surface area is 104 Å². The fraction of sp³-hybridized carbons (Fsp3) is 0.615. The van der Waals surface area contributed by atoms with Crippen LogP contribution in [0.2, 0.25) is 0 Å². The molecule has 0 spiro atoms. The van der Waals surface area contributed by atoms with Crippen LogP contribution in [0.15, 0.2) is 24.4 Å². The zero-order chi connectivity index (χ0) is 12.5. The van der Waals surface area contributed by atoms with Crippen molar-refractivity contribution in [1.29, 1.82) is 0 Å². The molecule has 0 aromatic carbocycles. The molecule has 0 saturated carbocycles. The molecule has 2 atom stereocenters. The Bertz CT molecular complexity index is 292. The first-order valence-electron chi connectivity index (χ1n) is 6.14. The molecule has 1 unspecified atom stereocenters. The SMILES string of the molecule is COCC(CCCN)N[C@H](C)c1ccccn1. The second-order valence-corrected chi connectivity index (χ2v) is 4.23. The maximum atomic E-state index is 5.53. The monoisotopic (exact) mass is 237 g/mol. The van der Waals surface area contributed by atoms with E-state index in [0.717, 1.165) is 25.1 Å². The van der Waals surface area contributed by atoms with Gasteiger partial charge in [0.25, 0.3) is 0 Å². The normalized spacial score (nSPS) is 14.5. The van der Waals surface area contributed by atoms with Gasteiger partial charge in [-0.2, -0.15) is 0 Å². The molecule has 4 nitrogen and oxygen atoms in total. The average molecular weight is 237 g/mol. The number of nitrogens with two attached hydrogens (primary N) is 1. The summed E-state index contributed by atoms with van der Waals surface area (Å²) in [6, 6.07) is 6.53. The van der Waals surface area contributed by atoms with Crippen LogP contribution in [0.1, 0.15) is 31.5 Å². The number of nitrogens with one attached hydrogen (secondary N) is 1. The number of methoxy groups -OCH3 is 1. The highest BCUT2D eigenvalue weighted by molar-refractivity contribution is 5.07. The van der Waals surface area contributed by atoms with E-state index in [1.54, 1.807) is 7.11 Å². The molecular formula is C13H23N3O. The predicted octanol–water partition coefficient (Wildman–Crippen LogP) is 1.49. The molecule has 0 amide bonds. The van der Waals surface area contributed by atoms with Crippen LogP contribution in [0.5, 0.6) is 0 Å². The molecule has 0 fully saturated rings. The fourth-order valence-electron chi connectivity index (χ4n) is 1.85. The van der Waals surface area contributed by atoms with E-state index >= 15 is 0 Å². The highest BCUT2D eigenvalue weighted by Gasteiger charge is 2.13. The van der Waals surface area contributed by atoms with Gasteiger partial charge in [0.15, 0.2) is 0 Å². The van der Waals surface area contributed by atoms with E-state index in [-0.39, 0.29) is 6.04 Å². The van der Waals surface area contributed by atoms with Crippen molar-refractivity contribution >= 4 is 0 Å². The first-order valence-corrected chi connectivity index (χ1v) is 6.14. The molecule has 17 heavy (non-hydrogen) atoms. The molecule has 1 rings (SSSR count). The van der Waals surface area contributed by atoms with E-state index < -0.39 is 0 Å². The maximum Gasteiger partial charge on any atom is 0.0616 e. The lowest BCUT2D eigenvalue weighted by atomic mass is 10.1. The summed E-state index contributed by atoms with van der Waals surface area (Å²) in [6.45, 7) is 3.55. The Morgan fingerprint density at radius 1 is 1.47 bits per heavy atom. The van der Waals surface area contributed by atoms with Crippen LogP contribution in [0, 0.1) is 0 Å². The van der Waals surface area contributed by atoms with Gasteiger partial charge in [-0.25, -0.2) is 0 Å². The fourth-order valence-corrected chi connectivity index (χ4v) is 1.85. The van der Waals surface area contributed by atoms with Gasteiger partial charge in [0.2, 0.25) is 0 Å². The van der Waals surface area contributed by atoms with Gasteiger partial charge in [0.05, 0.1) is 12.3 Å². The van der Waals surface area contributed by atoms with Crippen molar-refractivity contribution in [2.24, 2.45) is 5.73 Å². The highest BCUT2D eigenvalue weighted by atomic mass is 16.5. The number of aromatic nitrogens is 1. The van der Waals surface area contributed by atoms with Crippen LogP contribution in [-0.2, 0) is 4.74 Å². The first kappa shape index (κ1) is 14.1. The summed E-state index contributed by atoms with van der Waals surface area (Å²) in [5.74, 6) is 0. The summed E-state index contributed by atoms with van der Waals surface area (Å²) >= 11 is 0. The van der Waals surface area contributed by atoms with E-state index in [9.17, 15) is 0 Å². The van der Waals surface area contributed by atoms with Crippen LogP contribution in [-0.4, -0.2) is 31.3 Å². The summed E-state index contributed by atoms with van der Waals surface area (Å²) in [4.78, 5) is 4.34. The molecule has 0 bridgehead atoms. The van der Waals surface area contributed by atoms with Crippen molar-refractivity contribution in [3.63, 3.8) is 0 Å². The number of hydrogen-bond acceptors (Lipinski definition) is 4. The van der Waals surface area contributed by atoms with Gasteiger partial charge < -0.3 is 15.8 Å². The van der Waals surface area contributed by atoms with Crippen molar-refractivity contribution in [2.75, 3.05) is 20.3 Å². The zero-order valence-corrected chi connectivity index (χ0v) is 10.7. The second-order valence-electron chi connectivity index (χ2n) is 4.23. The maximum absolute atomic E-state index is 5.53. The average Bonchev–Trinajstić information content (AvgIpc) is 2.37. The topological polar surface area (TPSA) is 60.2 Å². The molecule has 0 aliphatic heterocycles. The summed E-state index contributed by atoms with van der Waals surface area (Å²) in [5, 5.41) is 3.53. The first-order chi connectivity index (χ1) is 8.27. The minimum Gasteiger partial charge on any atom is -0.383 e. The van der Waals surface area contributed by atoms with E-state index in [4.69, 9.17) is 10.5 Å². The summed E-state index contributed by atoms with van der Waals surface area (Å²) in [5.41, 5.74) is 6.59. The van der Waals surface area contributed by atoms with Gasteiger partial charge in [-0.15, -0.1) is 0 Å². The minimum atomic E-state index is 0.231. The minimum absolute atomic E-state index is 0.231. The quantitative estimate of drug-likeness (QED) is 0.719. The number of nitrogens with zero attached hydrogens (tertiary/aromatic N) is 1. The molecule has 4 heteroatoms. The molecule has 0 radical (unpaired) electrons. The van der Waals surface area contributed by atoms with Gasteiger partial charge in [0, 0.05) is 25.4 Å². The van der Waals surface area contributed by atoms with Crippen LogP contribution in [0.3, 0.4) is 0 Å². The van der Waals surface area contributed by atoms with Crippen LogP contribution in [0.4, 0.5) is 0 Å². The van der Waals surface area contributed by atoms with Crippen LogP contribution >= 0.6 is 0 Å². The smallest absolute Gasteiger partial charge is 0.0616 e. The molecular weight excluding hydrogens is 214 g/mol. The number of pyridine rings is 1. The van der Waals surface area contributed by atoms with Crippen molar-refractivity contribution < 1.29 is 4.74 Å². The second kappa shape index (κ2) is 8.17. The van der Waals surface area contributed by atoms with Gasteiger partial charge in [-0.3, -0.25) is 4.98 Å². The lowest BCUT2D eigenvalue weighted by molar-refractivity contribution is 0.156.